The minimum absolute atomic E-state index is 0.0131. The van der Waals surface area contributed by atoms with Gasteiger partial charge in [-0.1, -0.05) is 48.5 Å². The summed E-state index contributed by atoms with van der Waals surface area (Å²) in [6, 6.07) is 21.7. The van der Waals surface area contributed by atoms with Gasteiger partial charge < -0.3 is 15.2 Å². The van der Waals surface area contributed by atoms with E-state index < -0.39 is 0 Å². The molecule has 25 heavy (non-hydrogen) atoms. The lowest BCUT2D eigenvalue weighted by molar-refractivity contribution is 0.244. The van der Waals surface area contributed by atoms with Crippen molar-refractivity contribution in [3.05, 3.63) is 72.3 Å². The van der Waals surface area contributed by atoms with Crippen LogP contribution in [0.25, 0.3) is 11.1 Å². The minimum atomic E-state index is -0.0131. The lowest BCUT2D eigenvalue weighted by Crippen LogP contribution is -2.09. The molecule has 0 heterocycles. The van der Waals surface area contributed by atoms with Gasteiger partial charge in [0.25, 0.3) is 0 Å². The van der Waals surface area contributed by atoms with Crippen LogP contribution in [0, 0.1) is 6.92 Å². The SMILES string of the molecule is Cc1cc(Nc2ccccc2)c(OC(C)C)c(-c2ccccc2)c1O. The largest absolute Gasteiger partial charge is 0.507 e. The summed E-state index contributed by atoms with van der Waals surface area (Å²) in [5.41, 5.74) is 4.26. The number of phenols is 1. The molecule has 0 saturated carbocycles. The molecule has 0 bridgehead atoms. The van der Waals surface area contributed by atoms with Gasteiger partial charge in [0.1, 0.15) is 5.75 Å². The Hall–Kier alpha value is -2.94. The zero-order chi connectivity index (χ0) is 17.8. The molecular formula is C22H23NO2. The van der Waals surface area contributed by atoms with Gasteiger partial charge in [-0.2, -0.15) is 0 Å². The van der Waals surface area contributed by atoms with E-state index in [2.05, 4.69) is 5.32 Å². The number of phenolic OH excluding ortho intramolecular Hbond substituents is 1. The first-order chi connectivity index (χ1) is 12.1. The Bertz CT molecular complexity index is 843. The third kappa shape index (κ3) is 3.77. The van der Waals surface area contributed by atoms with Crippen molar-refractivity contribution in [2.24, 2.45) is 0 Å². The maximum absolute atomic E-state index is 10.7. The second kappa shape index (κ2) is 7.31. The molecular weight excluding hydrogens is 310 g/mol. The van der Waals surface area contributed by atoms with Gasteiger partial charge in [-0.15, -0.1) is 0 Å². The Morgan fingerprint density at radius 3 is 2.12 bits per heavy atom. The molecule has 0 aliphatic carbocycles. The molecule has 3 heteroatoms. The van der Waals surface area contributed by atoms with Crippen molar-refractivity contribution in [2.45, 2.75) is 26.9 Å². The monoisotopic (exact) mass is 333 g/mol. The number of nitrogens with one attached hydrogen (secondary N) is 1. The summed E-state index contributed by atoms with van der Waals surface area (Å²) in [4.78, 5) is 0. The molecule has 2 N–H and O–H groups in total. The molecule has 0 saturated heterocycles. The molecule has 0 aliphatic rings. The number of hydrogen-bond donors (Lipinski definition) is 2. The van der Waals surface area contributed by atoms with Gasteiger partial charge >= 0.3 is 0 Å². The van der Waals surface area contributed by atoms with Crippen LogP contribution in [0.2, 0.25) is 0 Å². The van der Waals surface area contributed by atoms with Gasteiger partial charge in [0, 0.05) is 5.69 Å². The van der Waals surface area contributed by atoms with Gasteiger partial charge in [-0.25, -0.2) is 0 Å². The lowest BCUT2D eigenvalue weighted by atomic mass is 9.99. The van der Waals surface area contributed by atoms with Crippen LogP contribution < -0.4 is 10.1 Å². The first-order valence-corrected chi connectivity index (χ1v) is 8.47. The van der Waals surface area contributed by atoms with E-state index in [0.29, 0.717) is 11.3 Å². The van der Waals surface area contributed by atoms with Crippen LogP contribution in [-0.2, 0) is 0 Å². The molecule has 0 aromatic heterocycles. The van der Waals surface area contributed by atoms with Gasteiger partial charge in [-0.3, -0.25) is 0 Å². The molecule has 3 aromatic carbocycles. The van der Waals surface area contributed by atoms with E-state index in [9.17, 15) is 5.11 Å². The molecule has 0 amide bonds. The maximum atomic E-state index is 10.7. The standard InChI is InChI=1S/C22H23NO2/c1-15(2)25-22-19(23-18-12-8-5-9-13-18)14-16(3)21(24)20(22)17-10-6-4-7-11-17/h4-15,23-24H,1-3H3. The van der Waals surface area contributed by atoms with Crippen molar-refractivity contribution in [2.75, 3.05) is 5.32 Å². The summed E-state index contributed by atoms with van der Waals surface area (Å²) in [5, 5.41) is 14.1. The summed E-state index contributed by atoms with van der Waals surface area (Å²) in [6.07, 6.45) is -0.0131. The lowest BCUT2D eigenvalue weighted by Gasteiger charge is -2.22. The van der Waals surface area contributed by atoms with Crippen LogP contribution in [0.15, 0.2) is 66.7 Å². The number of para-hydroxylation sites is 1. The predicted molar refractivity (Wildman–Crippen MR) is 104 cm³/mol. The minimum Gasteiger partial charge on any atom is -0.507 e. The van der Waals surface area contributed by atoms with E-state index >= 15 is 0 Å². The number of anilines is 2. The van der Waals surface area contributed by atoms with Crippen LogP contribution in [0.5, 0.6) is 11.5 Å². The molecule has 0 aliphatic heterocycles. The van der Waals surface area contributed by atoms with E-state index in [4.69, 9.17) is 4.74 Å². The molecule has 0 fully saturated rings. The smallest absolute Gasteiger partial charge is 0.154 e. The topological polar surface area (TPSA) is 41.5 Å². The zero-order valence-electron chi connectivity index (χ0n) is 14.8. The molecule has 0 radical (unpaired) electrons. The Labute approximate surface area is 148 Å². The summed E-state index contributed by atoms with van der Waals surface area (Å²) < 4.78 is 6.12. The summed E-state index contributed by atoms with van der Waals surface area (Å²) >= 11 is 0. The van der Waals surface area contributed by atoms with Crippen molar-refractivity contribution < 1.29 is 9.84 Å². The van der Waals surface area contributed by atoms with Crippen molar-refractivity contribution in [3.63, 3.8) is 0 Å². The molecule has 3 nitrogen and oxygen atoms in total. The summed E-state index contributed by atoms with van der Waals surface area (Å²) in [6.45, 7) is 5.87. The fraction of sp³-hybridized carbons (Fsp3) is 0.182. The van der Waals surface area contributed by atoms with Crippen molar-refractivity contribution >= 4 is 11.4 Å². The van der Waals surface area contributed by atoms with E-state index in [1.165, 1.54) is 0 Å². The molecule has 0 atom stereocenters. The zero-order valence-corrected chi connectivity index (χ0v) is 14.8. The van der Waals surface area contributed by atoms with E-state index in [0.717, 1.165) is 22.5 Å². The van der Waals surface area contributed by atoms with Crippen LogP contribution in [0.1, 0.15) is 19.4 Å². The second-order valence-corrected chi connectivity index (χ2v) is 6.32. The number of ether oxygens (including phenoxy) is 1. The molecule has 0 spiro atoms. The third-order valence-corrected chi connectivity index (χ3v) is 3.91. The van der Waals surface area contributed by atoms with Crippen LogP contribution in [0.3, 0.4) is 0 Å². The number of rotatable bonds is 5. The van der Waals surface area contributed by atoms with Crippen LogP contribution in [-0.4, -0.2) is 11.2 Å². The molecule has 128 valence electrons. The number of hydrogen-bond acceptors (Lipinski definition) is 3. The van der Waals surface area contributed by atoms with E-state index in [1.807, 2.05) is 87.5 Å². The second-order valence-electron chi connectivity index (χ2n) is 6.32. The highest BCUT2D eigenvalue weighted by molar-refractivity contribution is 5.86. The predicted octanol–water partition coefficient (Wildman–Crippen LogP) is 5.90. The van der Waals surface area contributed by atoms with Crippen molar-refractivity contribution in [3.8, 4) is 22.6 Å². The fourth-order valence-electron chi connectivity index (χ4n) is 2.79. The van der Waals surface area contributed by atoms with Crippen LogP contribution >= 0.6 is 0 Å². The highest BCUT2D eigenvalue weighted by Crippen LogP contribution is 2.46. The van der Waals surface area contributed by atoms with E-state index in [-0.39, 0.29) is 11.9 Å². The highest BCUT2D eigenvalue weighted by Gasteiger charge is 2.20. The molecule has 3 aromatic rings. The van der Waals surface area contributed by atoms with Crippen LogP contribution in [0.4, 0.5) is 11.4 Å². The number of benzene rings is 3. The number of aryl methyl sites for hydroxylation is 1. The number of aromatic hydroxyl groups is 1. The first kappa shape index (κ1) is 16.9. The third-order valence-electron chi connectivity index (χ3n) is 3.91. The average Bonchev–Trinajstić information content (AvgIpc) is 2.61. The van der Waals surface area contributed by atoms with Crippen molar-refractivity contribution in [1.29, 1.82) is 0 Å². The van der Waals surface area contributed by atoms with Gasteiger partial charge in [0.05, 0.1) is 17.4 Å². The Kier molecular flexibility index (Phi) is 4.94. The molecule has 0 unspecified atom stereocenters. The van der Waals surface area contributed by atoms with Gasteiger partial charge in [0.2, 0.25) is 0 Å². The van der Waals surface area contributed by atoms with Gasteiger partial charge in [-0.05, 0) is 50.1 Å². The Morgan fingerprint density at radius 2 is 1.52 bits per heavy atom. The van der Waals surface area contributed by atoms with Gasteiger partial charge in [0.15, 0.2) is 5.75 Å². The first-order valence-electron chi connectivity index (χ1n) is 8.47. The quantitative estimate of drug-likeness (QED) is 0.571. The summed E-state index contributed by atoms with van der Waals surface area (Å²) in [5.74, 6) is 0.911. The van der Waals surface area contributed by atoms with Crippen molar-refractivity contribution in [1.82, 2.24) is 0 Å². The Balaban J connectivity index is 2.19. The average molecular weight is 333 g/mol. The molecule has 3 rings (SSSR count). The normalized spacial score (nSPS) is 10.7. The maximum Gasteiger partial charge on any atom is 0.154 e. The highest BCUT2D eigenvalue weighted by atomic mass is 16.5. The summed E-state index contributed by atoms with van der Waals surface area (Å²) in [7, 11) is 0. The van der Waals surface area contributed by atoms with E-state index in [1.54, 1.807) is 0 Å². The Morgan fingerprint density at radius 1 is 0.920 bits per heavy atom. The fourth-order valence-corrected chi connectivity index (χ4v) is 2.79.